The molecule has 1 N–H and O–H groups in total. The van der Waals surface area contributed by atoms with Gasteiger partial charge < -0.3 is 9.84 Å². The Morgan fingerprint density at radius 1 is 0.889 bits per heavy atom. The van der Waals surface area contributed by atoms with Crippen molar-refractivity contribution < 1.29 is 36.2 Å². The van der Waals surface area contributed by atoms with Crippen LogP contribution in [0.2, 0.25) is 0 Å². The third-order valence-electron chi connectivity index (χ3n) is 2.97. The van der Waals surface area contributed by atoms with E-state index in [4.69, 9.17) is 0 Å². The van der Waals surface area contributed by atoms with Crippen molar-refractivity contribution in [2.75, 3.05) is 0 Å². The summed E-state index contributed by atoms with van der Waals surface area (Å²) in [5.74, 6) is -3.78. The lowest BCUT2D eigenvalue weighted by atomic mass is 9.72. The van der Waals surface area contributed by atoms with Gasteiger partial charge in [0.05, 0.1) is 0 Å². The maximum atomic E-state index is 12.8. The number of rotatable bonds is 0. The minimum Gasteiger partial charge on any atom is -0.358 e. The van der Waals surface area contributed by atoms with E-state index >= 15 is 0 Å². The molecule has 0 aromatic heterocycles. The van der Waals surface area contributed by atoms with E-state index in [0.29, 0.717) is 6.92 Å². The van der Waals surface area contributed by atoms with Gasteiger partial charge in [-0.05, 0) is 18.8 Å². The molecule has 1 saturated heterocycles. The molecular weight excluding hydrogens is 266 g/mol. The van der Waals surface area contributed by atoms with E-state index in [-0.39, 0.29) is 0 Å². The van der Waals surface area contributed by atoms with Crippen molar-refractivity contribution in [1.29, 1.82) is 0 Å². The first-order chi connectivity index (χ1) is 7.62. The number of halogens is 6. The molecule has 1 fully saturated rings. The molecule has 0 aromatic carbocycles. The first kappa shape index (κ1) is 15.6. The van der Waals surface area contributed by atoms with Gasteiger partial charge in [-0.3, -0.25) is 0 Å². The molecule has 8 heteroatoms. The fraction of sp³-hybridized carbons (Fsp3) is 1.00. The molecule has 108 valence electrons. The van der Waals surface area contributed by atoms with E-state index < -0.39 is 42.0 Å². The second kappa shape index (κ2) is 3.75. The van der Waals surface area contributed by atoms with Crippen molar-refractivity contribution >= 4 is 0 Å². The van der Waals surface area contributed by atoms with Crippen molar-refractivity contribution in [3.8, 4) is 0 Å². The van der Waals surface area contributed by atoms with Gasteiger partial charge in [-0.2, -0.15) is 26.3 Å². The molecule has 1 heterocycles. The second-order valence-corrected chi connectivity index (χ2v) is 5.63. The SMILES string of the molecule is CC1(C)CC(C)(C(F)(F)F)OC(O)(C(F)(F)F)C1. The number of alkyl halides is 6. The zero-order valence-corrected chi connectivity index (χ0v) is 10.0. The molecule has 2 nitrogen and oxygen atoms in total. The van der Waals surface area contributed by atoms with Crippen molar-refractivity contribution in [2.45, 2.75) is 57.4 Å². The topological polar surface area (TPSA) is 29.5 Å². The average Bonchev–Trinajstić information content (AvgIpc) is 1.93. The lowest BCUT2D eigenvalue weighted by Gasteiger charge is -2.51. The molecule has 1 aliphatic rings. The Morgan fingerprint density at radius 3 is 1.67 bits per heavy atom. The van der Waals surface area contributed by atoms with Gasteiger partial charge in [0.15, 0.2) is 5.60 Å². The Balaban J connectivity index is 3.23. The summed E-state index contributed by atoms with van der Waals surface area (Å²) >= 11 is 0. The molecule has 1 aliphatic heterocycles. The van der Waals surface area contributed by atoms with Crippen LogP contribution in [0.4, 0.5) is 26.3 Å². The molecule has 0 aliphatic carbocycles. The molecule has 0 radical (unpaired) electrons. The summed E-state index contributed by atoms with van der Waals surface area (Å²) in [5, 5.41) is 9.40. The Labute approximate surface area is 99.9 Å². The van der Waals surface area contributed by atoms with Crippen molar-refractivity contribution in [2.24, 2.45) is 5.41 Å². The minimum atomic E-state index is -5.28. The molecule has 2 atom stereocenters. The third-order valence-corrected chi connectivity index (χ3v) is 2.97. The van der Waals surface area contributed by atoms with Gasteiger partial charge in [0, 0.05) is 6.42 Å². The van der Waals surface area contributed by atoms with Crippen LogP contribution in [-0.2, 0) is 4.74 Å². The van der Waals surface area contributed by atoms with Crippen LogP contribution in [0.25, 0.3) is 0 Å². The average molecular weight is 280 g/mol. The molecule has 1 rings (SSSR count). The smallest absolute Gasteiger partial charge is 0.358 e. The molecule has 0 bridgehead atoms. The third kappa shape index (κ3) is 2.59. The first-order valence-corrected chi connectivity index (χ1v) is 5.18. The monoisotopic (exact) mass is 280 g/mol. The van der Waals surface area contributed by atoms with E-state index in [9.17, 15) is 31.4 Å². The fourth-order valence-corrected chi connectivity index (χ4v) is 2.39. The maximum absolute atomic E-state index is 12.8. The van der Waals surface area contributed by atoms with Crippen LogP contribution in [0.15, 0.2) is 0 Å². The number of aliphatic hydroxyl groups is 1. The van der Waals surface area contributed by atoms with Crippen molar-refractivity contribution in [3.05, 3.63) is 0 Å². The summed E-state index contributed by atoms with van der Waals surface area (Å²) in [6.45, 7) is 2.98. The predicted octanol–water partition coefficient (Wildman–Crippen LogP) is 3.39. The Morgan fingerprint density at radius 2 is 1.33 bits per heavy atom. The van der Waals surface area contributed by atoms with E-state index in [0.717, 1.165) is 0 Å². The summed E-state index contributed by atoms with van der Waals surface area (Å²) in [7, 11) is 0. The van der Waals surface area contributed by atoms with Gasteiger partial charge in [-0.25, -0.2) is 0 Å². The van der Waals surface area contributed by atoms with Crippen LogP contribution in [0.3, 0.4) is 0 Å². The lowest BCUT2D eigenvalue weighted by molar-refractivity contribution is -0.449. The highest BCUT2D eigenvalue weighted by atomic mass is 19.4. The Kier molecular flexibility index (Phi) is 3.24. The van der Waals surface area contributed by atoms with Gasteiger partial charge in [-0.1, -0.05) is 13.8 Å². The minimum absolute atomic E-state index is 0.518. The number of ether oxygens (including phenoxy) is 1. The molecular formula is C10H14F6O2. The highest BCUT2D eigenvalue weighted by molar-refractivity contribution is 5.00. The summed E-state index contributed by atoms with van der Waals surface area (Å²) in [6, 6.07) is 0. The van der Waals surface area contributed by atoms with Gasteiger partial charge >= 0.3 is 12.4 Å². The van der Waals surface area contributed by atoms with Crippen LogP contribution >= 0.6 is 0 Å². The predicted molar refractivity (Wildman–Crippen MR) is 49.6 cm³/mol. The van der Waals surface area contributed by atoms with Gasteiger partial charge in [-0.15, -0.1) is 0 Å². The van der Waals surface area contributed by atoms with E-state index in [1.54, 1.807) is 0 Å². The quantitative estimate of drug-likeness (QED) is 0.689. The normalized spacial score (nSPS) is 37.7. The molecule has 0 aromatic rings. The van der Waals surface area contributed by atoms with Gasteiger partial charge in [0.1, 0.15) is 0 Å². The summed E-state index contributed by atoms with van der Waals surface area (Å²) in [6.07, 6.45) is -11.9. The zero-order chi connectivity index (χ0) is 14.6. The maximum Gasteiger partial charge on any atom is 0.443 e. The molecule has 0 saturated carbocycles. The van der Waals surface area contributed by atoms with Crippen LogP contribution in [-0.4, -0.2) is 28.8 Å². The summed E-state index contributed by atoms with van der Waals surface area (Å²) < 4.78 is 80.4. The standard InChI is InChI=1S/C10H14F6O2/c1-6(2)4-7(3,9(11,12)13)18-8(17,5-6)10(14,15)16/h17H,4-5H2,1-3H3. The van der Waals surface area contributed by atoms with Crippen molar-refractivity contribution in [1.82, 2.24) is 0 Å². The van der Waals surface area contributed by atoms with E-state index in [1.807, 2.05) is 0 Å². The largest absolute Gasteiger partial charge is 0.443 e. The van der Waals surface area contributed by atoms with Gasteiger partial charge in [0.25, 0.3) is 5.79 Å². The van der Waals surface area contributed by atoms with Gasteiger partial charge in [0.2, 0.25) is 0 Å². The van der Waals surface area contributed by atoms with Crippen LogP contribution in [0, 0.1) is 5.41 Å². The molecule has 0 spiro atoms. The molecule has 2 unspecified atom stereocenters. The number of hydrogen-bond acceptors (Lipinski definition) is 2. The fourth-order valence-electron chi connectivity index (χ4n) is 2.39. The van der Waals surface area contributed by atoms with Crippen LogP contribution in [0.1, 0.15) is 33.6 Å². The van der Waals surface area contributed by atoms with Crippen molar-refractivity contribution in [3.63, 3.8) is 0 Å². The lowest BCUT2D eigenvalue weighted by Crippen LogP contribution is -2.64. The van der Waals surface area contributed by atoms with Crippen LogP contribution in [0.5, 0.6) is 0 Å². The zero-order valence-electron chi connectivity index (χ0n) is 10.0. The highest BCUT2D eigenvalue weighted by Crippen LogP contribution is 2.55. The number of hydrogen-bond donors (Lipinski definition) is 1. The Hall–Kier alpha value is -0.500. The summed E-state index contributed by atoms with van der Waals surface area (Å²) in [5.41, 5.74) is -4.38. The summed E-state index contributed by atoms with van der Waals surface area (Å²) in [4.78, 5) is 0. The van der Waals surface area contributed by atoms with Crippen LogP contribution < -0.4 is 0 Å². The second-order valence-electron chi connectivity index (χ2n) is 5.63. The van der Waals surface area contributed by atoms with E-state index in [1.165, 1.54) is 13.8 Å². The first-order valence-electron chi connectivity index (χ1n) is 5.18. The molecule has 18 heavy (non-hydrogen) atoms. The highest BCUT2D eigenvalue weighted by Gasteiger charge is 2.69. The van der Waals surface area contributed by atoms with E-state index in [2.05, 4.69) is 4.74 Å². The molecule has 0 amide bonds. The Bertz CT molecular complexity index is 304.